The standard InChI is InChI=1S/C46H78O2S/c1-11-13-15-17-19-21-23-25-27-46(34-49,28-26-24-22-20-18-16-14-12-2)33-39(37-31-40(44(5,6)7)42(47)29-35(37)3)38-32-41(45(8,9)10)43(48)30-36(38)4/h29-32,39,47-49H,11-28,33-34H2,1-10H3. The van der Waals surface area contributed by atoms with Crippen molar-refractivity contribution in [3.05, 3.63) is 57.6 Å². The molecule has 0 heterocycles. The molecule has 0 unspecified atom stereocenters. The van der Waals surface area contributed by atoms with Gasteiger partial charge in [-0.3, -0.25) is 0 Å². The zero-order chi connectivity index (χ0) is 36.7. The van der Waals surface area contributed by atoms with E-state index < -0.39 is 0 Å². The number of aromatic hydroxyl groups is 2. The van der Waals surface area contributed by atoms with Crippen LogP contribution in [0.1, 0.15) is 217 Å². The molecule has 0 atom stereocenters. The first kappa shape index (κ1) is 43.6. The minimum Gasteiger partial charge on any atom is -0.508 e. The predicted octanol–water partition coefficient (Wildman–Crippen LogP) is 14.8. The molecule has 3 heteroatoms. The molecule has 2 aromatic carbocycles. The van der Waals surface area contributed by atoms with Gasteiger partial charge in [-0.1, -0.05) is 170 Å². The van der Waals surface area contributed by atoms with Gasteiger partial charge < -0.3 is 10.2 Å². The van der Waals surface area contributed by atoms with Crippen LogP contribution in [-0.2, 0) is 10.8 Å². The van der Waals surface area contributed by atoms with Crippen LogP contribution in [0.3, 0.4) is 0 Å². The Morgan fingerprint density at radius 1 is 0.531 bits per heavy atom. The number of hydrogen-bond donors (Lipinski definition) is 3. The molecule has 2 rings (SSSR count). The highest BCUT2D eigenvalue weighted by molar-refractivity contribution is 7.80. The maximum atomic E-state index is 11.1. The van der Waals surface area contributed by atoms with Gasteiger partial charge in [-0.15, -0.1) is 0 Å². The third-order valence-electron chi connectivity index (χ3n) is 11.2. The van der Waals surface area contributed by atoms with Crippen LogP contribution in [0.2, 0.25) is 0 Å². The van der Waals surface area contributed by atoms with Gasteiger partial charge >= 0.3 is 0 Å². The minimum atomic E-state index is -0.174. The maximum absolute atomic E-state index is 11.1. The number of unbranched alkanes of at least 4 members (excludes halogenated alkanes) is 14. The van der Waals surface area contributed by atoms with Gasteiger partial charge in [-0.2, -0.15) is 12.6 Å². The van der Waals surface area contributed by atoms with Crippen molar-refractivity contribution in [2.45, 2.75) is 208 Å². The zero-order valence-corrected chi connectivity index (χ0v) is 34.8. The average molecular weight is 695 g/mol. The molecule has 0 aliphatic heterocycles. The summed E-state index contributed by atoms with van der Waals surface area (Å²) in [6.45, 7) is 22.1. The normalized spacial score (nSPS) is 12.7. The minimum absolute atomic E-state index is 0.122. The van der Waals surface area contributed by atoms with Gasteiger partial charge in [0.1, 0.15) is 11.5 Å². The number of phenolic OH excluding ortho intramolecular Hbond substituents is 2. The average Bonchev–Trinajstić information content (AvgIpc) is 3.01. The topological polar surface area (TPSA) is 40.5 Å². The van der Waals surface area contributed by atoms with E-state index in [0.29, 0.717) is 11.5 Å². The second kappa shape index (κ2) is 21.0. The van der Waals surface area contributed by atoms with Crippen molar-refractivity contribution in [2.24, 2.45) is 5.41 Å². The lowest BCUT2D eigenvalue weighted by Gasteiger charge is -2.38. The lowest BCUT2D eigenvalue weighted by Crippen LogP contribution is -2.28. The maximum Gasteiger partial charge on any atom is 0.119 e. The Balaban J connectivity index is 2.56. The van der Waals surface area contributed by atoms with Crippen molar-refractivity contribution < 1.29 is 10.2 Å². The van der Waals surface area contributed by atoms with Crippen LogP contribution >= 0.6 is 12.6 Å². The molecule has 0 spiro atoms. The van der Waals surface area contributed by atoms with Gasteiger partial charge in [0.25, 0.3) is 0 Å². The molecular formula is C46H78O2S. The Hall–Kier alpha value is -1.61. The van der Waals surface area contributed by atoms with Crippen LogP contribution in [0.5, 0.6) is 11.5 Å². The lowest BCUT2D eigenvalue weighted by atomic mass is 9.68. The first-order valence-electron chi connectivity index (χ1n) is 20.4. The fourth-order valence-electron chi connectivity index (χ4n) is 8.01. The SMILES string of the molecule is CCCCCCCCCCC(CS)(CCCCCCCCCC)CC(c1cc(C(C)(C)C)c(O)cc1C)c1cc(C(C)(C)C)c(O)cc1C. The molecule has 0 aromatic heterocycles. The molecule has 280 valence electrons. The van der Waals surface area contributed by atoms with Crippen LogP contribution in [0.4, 0.5) is 0 Å². The van der Waals surface area contributed by atoms with E-state index in [-0.39, 0.29) is 22.2 Å². The largest absolute Gasteiger partial charge is 0.508 e. The van der Waals surface area contributed by atoms with Crippen LogP contribution in [0.15, 0.2) is 24.3 Å². The Morgan fingerprint density at radius 2 is 0.857 bits per heavy atom. The van der Waals surface area contributed by atoms with Gasteiger partial charge in [0.05, 0.1) is 0 Å². The Kier molecular flexibility index (Phi) is 18.7. The summed E-state index contributed by atoms with van der Waals surface area (Å²) < 4.78 is 0. The van der Waals surface area contributed by atoms with Crippen LogP contribution in [0.25, 0.3) is 0 Å². The first-order chi connectivity index (χ1) is 23.1. The Labute approximate surface area is 310 Å². The number of rotatable bonds is 23. The van der Waals surface area contributed by atoms with E-state index in [9.17, 15) is 10.2 Å². The number of thiol groups is 1. The number of aryl methyl sites for hydroxylation is 2. The molecule has 0 aliphatic rings. The van der Waals surface area contributed by atoms with E-state index >= 15 is 0 Å². The lowest BCUT2D eigenvalue weighted by molar-refractivity contribution is 0.227. The van der Waals surface area contributed by atoms with E-state index in [1.807, 2.05) is 12.1 Å². The van der Waals surface area contributed by atoms with Gasteiger partial charge in [-0.05, 0) is 101 Å². The quantitative estimate of drug-likeness (QED) is 0.0800. The van der Waals surface area contributed by atoms with Gasteiger partial charge in [-0.25, -0.2) is 0 Å². The van der Waals surface area contributed by atoms with Gasteiger partial charge in [0.2, 0.25) is 0 Å². The number of phenols is 2. The predicted molar refractivity (Wildman–Crippen MR) is 220 cm³/mol. The summed E-state index contributed by atoms with van der Waals surface area (Å²) in [5, 5.41) is 22.3. The van der Waals surface area contributed by atoms with Crippen molar-refractivity contribution >= 4 is 12.6 Å². The van der Waals surface area contributed by atoms with Crippen LogP contribution in [0, 0.1) is 19.3 Å². The van der Waals surface area contributed by atoms with E-state index in [1.165, 1.54) is 127 Å². The summed E-state index contributed by atoms with van der Waals surface area (Å²) in [6, 6.07) is 8.63. The van der Waals surface area contributed by atoms with E-state index in [0.717, 1.165) is 34.4 Å². The molecule has 2 aromatic rings. The monoisotopic (exact) mass is 695 g/mol. The Bertz CT molecular complexity index is 1140. The summed E-state index contributed by atoms with van der Waals surface area (Å²) in [5.74, 6) is 1.83. The molecule has 0 aliphatic carbocycles. The second-order valence-electron chi connectivity index (χ2n) is 17.8. The van der Waals surface area contributed by atoms with Gasteiger partial charge in [0, 0.05) is 5.92 Å². The van der Waals surface area contributed by atoms with Crippen LogP contribution in [-0.4, -0.2) is 16.0 Å². The molecule has 0 saturated carbocycles. The summed E-state index contributed by atoms with van der Waals surface area (Å²) in [5.41, 5.74) is 6.71. The highest BCUT2D eigenvalue weighted by Crippen LogP contribution is 2.48. The number of benzene rings is 2. The van der Waals surface area contributed by atoms with Crippen molar-refractivity contribution in [3.63, 3.8) is 0 Å². The summed E-state index contributed by atoms with van der Waals surface area (Å²) in [7, 11) is 0. The van der Waals surface area contributed by atoms with Crippen molar-refractivity contribution in [2.75, 3.05) is 5.75 Å². The highest BCUT2D eigenvalue weighted by Gasteiger charge is 2.35. The molecule has 0 saturated heterocycles. The van der Waals surface area contributed by atoms with Crippen LogP contribution < -0.4 is 0 Å². The smallest absolute Gasteiger partial charge is 0.119 e. The third kappa shape index (κ3) is 14.1. The fraction of sp³-hybridized carbons (Fsp3) is 0.739. The molecule has 0 radical (unpaired) electrons. The van der Waals surface area contributed by atoms with Crippen molar-refractivity contribution in [1.29, 1.82) is 0 Å². The van der Waals surface area contributed by atoms with Crippen molar-refractivity contribution in [3.8, 4) is 11.5 Å². The summed E-state index contributed by atoms with van der Waals surface area (Å²) >= 11 is 5.20. The number of hydrogen-bond acceptors (Lipinski definition) is 3. The molecule has 49 heavy (non-hydrogen) atoms. The second-order valence-corrected chi connectivity index (χ2v) is 18.1. The van der Waals surface area contributed by atoms with E-state index in [1.54, 1.807) is 0 Å². The zero-order valence-electron chi connectivity index (χ0n) is 33.9. The van der Waals surface area contributed by atoms with E-state index in [4.69, 9.17) is 12.6 Å². The molecule has 0 amide bonds. The summed E-state index contributed by atoms with van der Waals surface area (Å²) in [4.78, 5) is 0. The third-order valence-corrected chi connectivity index (χ3v) is 11.9. The van der Waals surface area contributed by atoms with E-state index in [2.05, 4.69) is 81.4 Å². The fourth-order valence-corrected chi connectivity index (χ4v) is 8.46. The van der Waals surface area contributed by atoms with Crippen molar-refractivity contribution in [1.82, 2.24) is 0 Å². The molecule has 0 fully saturated rings. The highest BCUT2D eigenvalue weighted by atomic mass is 32.1. The molecular weight excluding hydrogens is 617 g/mol. The van der Waals surface area contributed by atoms with Gasteiger partial charge in [0.15, 0.2) is 0 Å². The molecule has 2 N–H and O–H groups in total. The first-order valence-corrected chi connectivity index (χ1v) is 21.0. The Morgan fingerprint density at radius 3 is 1.16 bits per heavy atom. The molecule has 0 bridgehead atoms. The molecule has 2 nitrogen and oxygen atoms in total. The summed E-state index contributed by atoms with van der Waals surface area (Å²) in [6.07, 6.45) is 24.8.